The fourth-order valence-electron chi connectivity index (χ4n) is 1.95. The van der Waals surface area contributed by atoms with E-state index in [1.807, 2.05) is 36.4 Å². The van der Waals surface area contributed by atoms with Crippen molar-refractivity contribution in [2.24, 2.45) is 0 Å². The molecule has 0 radical (unpaired) electrons. The van der Waals surface area contributed by atoms with Crippen molar-refractivity contribution in [3.63, 3.8) is 0 Å². The molecule has 0 saturated heterocycles. The van der Waals surface area contributed by atoms with Crippen molar-refractivity contribution in [2.75, 3.05) is 0 Å². The summed E-state index contributed by atoms with van der Waals surface area (Å²) < 4.78 is 0.842. The van der Waals surface area contributed by atoms with Crippen LogP contribution in [0.1, 0.15) is 15.2 Å². The van der Waals surface area contributed by atoms with Crippen LogP contribution in [-0.4, -0.2) is 5.78 Å². The quantitative estimate of drug-likeness (QED) is 0.665. The molecule has 0 spiro atoms. The van der Waals surface area contributed by atoms with E-state index in [1.165, 1.54) is 17.4 Å². The fourth-order valence-corrected chi connectivity index (χ4v) is 2.99. The molecule has 92 valence electrons. The van der Waals surface area contributed by atoms with Gasteiger partial charge in [0.1, 0.15) is 0 Å². The minimum Gasteiger partial charge on any atom is -0.289 e. The second-order valence-electron chi connectivity index (χ2n) is 4.17. The van der Waals surface area contributed by atoms with Gasteiger partial charge in [-0.15, -0.1) is 11.3 Å². The van der Waals surface area contributed by atoms with Gasteiger partial charge in [-0.3, -0.25) is 9.59 Å². The summed E-state index contributed by atoms with van der Waals surface area (Å²) in [5, 5.41) is 0.664. The van der Waals surface area contributed by atoms with Crippen LogP contribution in [0.15, 0.2) is 65.5 Å². The van der Waals surface area contributed by atoms with Gasteiger partial charge in [-0.1, -0.05) is 42.5 Å². The first kappa shape index (κ1) is 11.8. The van der Waals surface area contributed by atoms with Gasteiger partial charge in [0.05, 0.1) is 4.88 Å². The third-order valence-electron chi connectivity index (χ3n) is 2.89. The summed E-state index contributed by atoms with van der Waals surface area (Å²) in [5.41, 5.74) is 0.502. The Morgan fingerprint density at radius 3 is 2.37 bits per heavy atom. The zero-order chi connectivity index (χ0) is 13.2. The lowest BCUT2D eigenvalue weighted by Gasteiger charge is -2.01. The summed E-state index contributed by atoms with van der Waals surface area (Å²) in [5.74, 6) is -0.103. The molecule has 1 aromatic heterocycles. The summed E-state index contributed by atoms with van der Waals surface area (Å²) in [6.07, 6.45) is 0. The van der Waals surface area contributed by atoms with Crippen molar-refractivity contribution in [2.45, 2.75) is 0 Å². The Kier molecular flexibility index (Phi) is 2.97. The Hall–Kier alpha value is -2.26. The van der Waals surface area contributed by atoms with Crippen molar-refractivity contribution in [3.8, 4) is 0 Å². The lowest BCUT2D eigenvalue weighted by atomic mass is 10.1. The largest absolute Gasteiger partial charge is 0.289 e. The molecule has 0 aliphatic carbocycles. The molecule has 0 aliphatic heterocycles. The van der Waals surface area contributed by atoms with Gasteiger partial charge in [-0.05, 0) is 12.1 Å². The van der Waals surface area contributed by atoms with Gasteiger partial charge in [0.2, 0.25) is 5.78 Å². The number of carbonyl (C=O) groups excluding carboxylic acids is 1. The molecular weight excluding hydrogens is 256 g/mol. The molecule has 3 aromatic rings. The number of carbonyl (C=O) groups is 1. The van der Waals surface area contributed by atoms with Crippen LogP contribution in [0.25, 0.3) is 10.1 Å². The molecule has 3 heteroatoms. The Labute approximate surface area is 114 Å². The lowest BCUT2D eigenvalue weighted by Crippen LogP contribution is -2.06. The monoisotopic (exact) mass is 266 g/mol. The summed E-state index contributed by atoms with van der Waals surface area (Å²) in [6, 6.07) is 17.8. The van der Waals surface area contributed by atoms with E-state index in [-0.39, 0.29) is 11.2 Å². The molecule has 0 fully saturated rings. The Bertz CT molecular complexity index is 804. The van der Waals surface area contributed by atoms with E-state index in [1.54, 1.807) is 18.2 Å². The first-order valence-electron chi connectivity index (χ1n) is 5.88. The number of ketones is 1. The van der Waals surface area contributed by atoms with Crippen LogP contribution in [0, 0.1) is 0 Å². The summed E-state index contributed by atoms with van der Waals surface area (Å²) in [4.78, 5) is 24.8. The Morgan fingerprint density at radius 1 is 0.895 bits per heavy atom. The molecule has 0 atom stereocenters. The van der Waals surface area contributed by atoms with Crippen LogP contribution < -0.4 is 5.43 Å². The molecule has 0 amide bonds. The maximum absolute atomic E-state index is 12.3. The van der Waals surface area contributed by atoms with Crippen molar-refractivity contribution < 1.29 is 4.79 Å². The number of hydrogen-bond acceptors (Lipinski definition) is 3. The van der Waals surface area contributed by atoms with Gasteiger partial charge in [-0.25, -0.2) is 0 Å². The summed E-state index contributed by atoms with van der Waals surface area (Å²) >= 11 is 1.35. The minimum absolute atomic E-state index is 0.103. The second-order valence-corrected chi connectivity index (χ2v) is 5.25. The molecular formula is C16H10O2S. The third kappa shape index (κ3) is 2.20. The molecule has 0 N–H and O–H groups in total. The van der Waals surface area contributed by atoms with Crippen LogP contribution in [0.4, 0.5) is 0 Å². The van der Waals surface area contributed by atoms with E-state index in [9.17, 15) is 9.59 Å². The smallest absolute Gasteiger partial charge is 0.203 e. The lowest BCUT2D eigenvalue weighted by molar-refractivity contribution is 0.104. The molecule has 2 nitrogen and oxygen atoms in total. The first-order chi connectivity index (χ1) is 9.25. The van der Waals surface area contributed by atoms with Gasteiger partial charge in [0, 0.05) is 21.7 Å². The average Bonchev–Trinajstić information content (AvgIpc) is 2.47. The van der Waals surface area contributed by atoms with Gasteiger partial charge in [-0.2, -0.15) is 0 Å². The van der Waals surface area contributed by atoms with Crippen LogP contribution in [0.2, 0.25) is 0 Å². The normalized spacial score (nSPS) is 10.5. The van der Waals surface area contributed by atoms with E-state index in [0.29, 0.717) is 15.8 Å². The van der Waals surface area contributed by atoms with Crippen molar-refractivity contribution in [1.29, 1.82) is 0 Å². The molecule has 0 aliphatic rings. The van der Waals surface area contributed by atoms with Crippen LogP contribution in [0.3, 0.4) is 0 Å². The molecule has 1 heterocycles. The van der Waals surface area contributed by atoms with Crippen molar-refractivity contribution >= 4 is 27.2 Å². The van der Waals surface area contributed by atoms with E-state index >= 15 is 0 Å². The van der Waals surface area contributed by atoms with Crippen LogP contribution >= 0.6 is 11.3 Å². The predicted octanol–water partition coefficient (Wildman–Crippen LogP) is 3.49. The maximum Gasteiger partial charge on any atom is 0.203 e. The van der Waals surface area contributed by atoms with Crippen LogP contribution in [0.5, 0.6) is 0 Å². The number of hydrogen-bond donors (Lipinski definition) is 0. The SMILES string of the molecule is O=C(c1ccccc1)c1cc(=O)c2ccccc2s1. The summed E-state index contributed by atoms with van der Waals surface area (Å²) in [7, 11) is 0. The van der Waals surface area contributed by atoms with Gasteiger partial charge in [0.15, 0.2) is 5.43 Å². The average molecular weight is 266 g/mol. The highest BCUT2D eigenvalue weighted by molar-refractivity contribution is 7.20. The molecule has 19 heavy (non-hydrogen) atoms. The zero-order valence-electron chi connectivity index (χ0n) is 10.00. The topological polar surface area (TPSA) is 34.1 Å². The summed E-state index contributed by atoms with van der Waals surface area (Å²) in [6.45, 7) is 0. The second kappa shape index (κ2) is 4.78. The number of fused-ring (bicyclic) bond motifs is 1. The van der Waals surface area contributed by atoms with Crippen LogP contribution in [-0.2, 0) is 0 Å². The minimum atomic E-state index is -0.103. The van der Waals surface area contributed by atoms with Gasteiger partial charge in [0.25, 0.3) is 0 Å². The van der Waals surface area contributed by atoms with Crippen molar-refractivity contribution in [1.82, 2.24) is 0 Å². The maximum atomic E-state index is 12.3. The Balaban J connectivity index is 2.17. The molecule has 0 saturated carbocycles. The number of rotatable bonds is 2. The number of benzene rings is 2. The highest BCUT2D eigenvalue weighted by atomic mass is 32.1. The molecule has 0 unspecified atom stereocenters. The molecule has 0 bridgehead atoms. The standard InChI is InChI=1S/C16H10O2S/c17-13-10-15(16(18)11-6-2-1-3-7-11)19-14-9-5-4-8-12(13)14/h1-10H. The van der Waals surface area contributed by atoms with E-state index < -0.39 is 0 Å². The zero-order valence-corrected chi connectivity index (χ0v) is 10.8. The third-order valence-corrected chi connectivity index (χ3v) is 3.99. The molecule has 3 rings (SSSR count). The highest BCUT2D eigenvalue weighted by Gasteiger charge is 2.11. The highest BCUT2D eigenvalue weighted by Crippen LogP contribution is 2.21. The van der Waals surface area contributed by atoms with E-state index in [2.05, 4.69) is 0 Å². The Morgan fingerprint density at radius 2 is 1.58 bits per heavy atom. The van der Waals surface area contributed by atoms with Gasteiger partial charge >= 0.3 is 0 Å². The first-order valence-corrected chi connectivity index (χ1v) is 6.70. The van der Waals surface area contributed by atoms with E-state index in [0.717, 1.165) is 4.70 Å². The predicted molar refractivity (Wildman–Crippen MR) is 78.0 cm³/mol. The fraction of sp³-hybridized carbons (Fsp3) is 0. The van der Waals surface area contributed by atoms with Crippen molar-refractivity contribution in [3.05, 3.63) is 81.3 Å². The molecule has 2 aromatic carbocycles. The van der Waals surface area contributed by atoms with Gasteiger partial charge < -0.3 is 0 Å². The van der Waals surface area contributed by atoms with E-state index in [4.69, 9.17) is 0 Å².